The Bertz CT molecular complexity index is 467. The molecule has 0 amide bonds. The van der Waals surface area contributed by atoms with Crippen molar-refractivity contribution in [2.75, 3.05) is 27.2 Å². The highest BCUT2D eigenvalue weighted by molar-refractivity contribution is 6.30. The number of nitrogens with zero attached hydrogens (tertiary/aromatic N) is 1. The average molecular weight is 299 g/mol. The van der Waals surface area contributed by atoms with Gasteiger partial charge in [-0.15, -0.1) is 0 Å². The zero-order chi connectivity index (χ0) is 14.7. The topological polar surface area (TPSA) is 44.7 Å². The van der Waals surface area contributed by atoms with Crippen molar-refractivity contribution in [1.82, 2.24) is 10.2 Å². The molecule has 1 aromatic carbocycles. The lowest BCUT2D eigenvalue weighted by molar-refractivity contribution is 0.174. The number of phenolic OH excluding ortho intramolecular Hbond substituents is 1. The van der Waals surface area contributed by atoms with Crippen molar-refractivity contribution in [3.8, 4) is 11.5 Å². The van der Waals surface area contributed by atoms with E-state index >= 15 is 0 Å². The van der Waals surface area contributed by atoms with Gasteiger partial charge in [0.2, 0.25) is 0 Å². The predicted molar refractivity (Wildman–Crippen MR) is 81.6 cm³/mol. The molecule has 0 spiro atoms. The van der Waals surface area contributed by atoms with E-state index < -0.39 is 0 Å². The Labute approximate surface area is 125 Å². The van der Waals surface area contributed by atoms with Gasteiger partial charge in [-0.1, -0.05) is 18.5 Å². The molecule has 1 aromatic rings. The van der Waals surface area contributed by atoms with Gasteiger partial charge in [-0.25, -0.2) is 0 Å². The minimum atomic E-state index is 0.171. The number of piperidine rings is 1. The summed E-state index contributed by atoms with van der Waals surface area (Å²) < 4.78 is 5.12. The van der Waals surface area contributed by atoms with Gasteiger partial charge < -0.3 is 20.1 Å². The quantitative estimate of drug-likeness (QED) is 0.896. The standard InChI is InChI=1S/C15H23ClN2O2/c1-10-9-18(2)5-4-13(10)17-8-11-6-12(16)7-14(20-3)15(11)19/h6-7,10,13,17,19H,4-5,8-9H2,1-3H3. The highest BCUT2D eigenvalue weighted by atomic mass is 35.5. The summed E-state index contributed by atoms with van der Waals surface area (Å²) in [7, 11) is 3.68. The van der Waals surface area contributed by atoms with Gasteiger partial charge in [-0.2, -0.15) is 0 Å². The van der Waals surface area contributed by atoms with Crippen molar-refractivity contribution in [1.29, 1.82) is 0 Å². The largest absolute Gasteiger partial charge is 0.504 e. The van der Waals surface area contributed by atoms with E-state index in [1.807, 2.05) is 0 Å². The highest BCUT2D eigenvalue weighted by Crippen LogP contribution is 2.33. The molecule has 0 radical (unpaired) electrons. The second-order valence-electron chi connectivity index (χ2n) is 5.63. The van der Waals surface area contributed by atoms with E-state index in [1.165, 1.54) is 7.11 Å². The maximum atomic E-state index is 10.1. The summed E-state index contributed by atoms with van der Waals surface area (Å²) in [5.74, 6) is 1.19. The predicted octanol–water partition coefficient (Wildman–Crippen LogP) is 2.48. The second-order valence-corrected chi connectivity index (χ2v) is 6.07. The van der Waals surface area contributed by atoms with Crippen LogP contribution in [0.1, 0.15) is 18.9 Å². The summed E-state index contributed by atoms with van der Waals surface area (Å²) in [6.45, 7) is 5.06. The van der Waals surface area contributed by atoms with Crippen LogP contribution in [0.5, 0.6) is 11.5 Å². The minimum absolute atomic E-state index is 0.171. The van der Waals surface area contributed by atoms with Crippen molar-refractivity contribution in [3.05, 3.63) is 22.7 Å². The van der Waals surface area contributed by atoms with Crippen LogP contribution < -0.4 is 10.1 Å². The number of methoxy groups -OCH3 is 1. The van der Waals surface area contributed by atoms with E-state index in [2.05, 4.69) is 24.2 Å². The number of nitrogens with one attached hydrogen (secondary N) is 1. The molecule has 0 saturated carbocycles. The fourth-order valence-corrected chi connectivity index (χ4v) is 3.05. The van der Waals surface area contributed by atoms with Gasteiger partial charge in [-0.05, 0) is 32.0 Å². The molecule has 20 heavy (non-hydrogen) atoms. The number of likely N-dealkylation sites (tertiary alicyclic amines) is 1. The third-order valence-electron chi connectivity index (χ3n) is 4.00. The lowest BCUT2D eigenvalue weighted by Gasteiger charge is -2.35. The van der Waals surface area contributed by atoms with E-state index in [0.29, 0.717) is 29.3 Å². The molecule has 2 atom stereocenters. The number of phenols is 1. The van der Waals surface area contributed by atoms with Crippen molar-refractivity contribution < 1.29 is 9.84 Å². The molecular formula is C15H23ClN2O2. The maximum Gasteiger partial charge on any atom is 0.162 e. The summed E-state index contributed by atoms with van der Waals surface area (Å²) in [6, 6.07) is 3.88. The molecule has 1 heterocycles. The first-order valence-electron chi connectivity index (χ1n) is 6.98. The SMILES string of the molecule is COc1cc(Cl)cc(CNC2CCN(C)CC2C)c1O. The van der Waals surface area contributed by atoms with Crippen LogP contribution in [0.4, 0.5) is 0 Å². The van der Waals surface area contributed by atoms with Gasteiger partial charge >= 0.3 is 0 Å². The van der Waals surface area contributed by atoms with Gasteiger partial charge in [-0.3, -0.25) is 0 Å². The molecule has 2 rings (SSSR count). The second kappa shape index (κ2) is 6.66. The molecule has 1 fully saturated rings. The van der Waals surface area contributed by atoms with Crippen molar-refractivity contribution in [2.24, 2.45) is 5.92 Å². The van der Waals surface area contributed by atoms with Gasteiger partial charge in [0.25, 0.3) is 0 Å². The lowest BCUT2D eigenvalue weighted by Crippen LogP contribution is -2.46. The zero-order valence-corrected chi connectivity index (χ0v) is 13.1. The first-order valence-corrected chi connectivity index (χ1v) is 7.36. The van der Waals surface area contributed by atoms with Crippen LogP contribution in [0.2, 0.25) is 5.02 Å². The Balaban J connectivity index is 2.02. The Morgan fingerprint density at radius 3 is 2.90 bits per heavy atom. The fraction of sp³-hybridized carbons (Fsp3) is 0.600. The van der Waals surface area contributed by atoms with Crippen LogP contribution in [-0.2, 0) is 6.54 Å². The van der Waals surface area contributed by atoms with E-state index in [0.717, 1.165) is 25.1 Å². The van der Waals surface area contributed by atoms with Gasteiger partial charge in [0.1, 0.15) is 0 Å². The molecular weight excluding hydrogens is 276 g/mol. The Morgan fingerprint density at radius 1 is 1.50 bits per heavy atom. The molecule has 2 N–H and O–H groups in total. The molecule has 0 bridgehead atoms. The number of aromatic hydroxyl groups is 1. The fourth-order valence-electron chi connectivity index (χ4n) is 2.82. The number of hydrogen-bond acceptors (Lipinski definition) is 4. The molecule has 0 aromatic heterocycles. The lowest BCUT2D eigenvalue weighted by atomic mass is 9.94. The summed E-state index contributed by atoms with van der Waals surface area (Å²) in [4.78, 5) is 2.35. The Morgan fingerprint density at radius 2 is 2.25 bits per heavy atom. The van der Waals surface area contributed by atoms with Crippen LogP contribution in [0.3, 0.4) is 0 Å². The molecule has 4 nitrogen and oxygen atoms in total. The Hall–Kier alpha value is -0.970. The van der Waals surface area contributed by atoms with E-state index in [4.69, 9.17) is 16.3 Å². The first-order chi connectivity index (χ1) is 9.51. The normalized spacial score (nSPS) is 23.8. The van der Waals surface area contributed by atoms with Crippen LogP contribution in [0.25, 0.3) is 0 Å². The summed E-state index contributed by atoms with van der Waals surface area (Å²) in [5.41, 5.74) is 0.778. The zero-order valence-electron chi connectivity index (χ0n) is 12.3. The number of hydrogen-bond donors (Lipinski definition) is 2. The highest BCUT2D eigenvalue weighted by Gasteiger charge is 2.24. The van der Waals surface area contributed by atoms with Crippen LogP contribution >= 0.6 is 11.6 Å². The molecule has 1 aliphatic rings. The minimum Gasteiger partial charge on any atom is -0.504 e. The summed E-state index contributed by atoms with van der Waals surface area (Å²) >= 11 is 6.04. The average Bonchev–Trinajstić information content (AvgIpc) is 2.41. The molecule has 2 unspecified atom stereocenters. The van der Waals surface area contributed by atoms with E-state index in [1.54, 1.807) is 12.1 Å². The number of rotatable bonds is 4. The van der Waals surface area contributed by atoms with Crippen molar-refractivity contribution in [3.63, 3.8) is 0 Å². The van der Waals surface area contributed by atoms with Crippen molar-refractivity contribution >= 4 is 11.6 Å². The smallest absolute Gasteiger partial charge is 0.162 e. The molecule has 5 heteroatoms. The summed E-state index contributed by atoms with van der Waals surface area (Å²) in [6.07, 6.45) is 1.12. The molecule has 112 valence electrons. The van der Waals surface area contributed by atoms with E-state index in [-0.39, 0.29) is 5.75 Å². The van der Waals surface area contributed by atoms with Crippen LogP contribution in [0.15, 0.2) is 12.1 Å². The van der Waals surface area contributed by atoms with Gasteiger partial charge in [0.05, 0.1) is 7.11 Å². The molecule has 1 saturated heterocycles. The molecule has 0 aliphatic carbocycles. The number of halogens is 1. The number of benzene rings is 1. The van der Waals surface area contributed by atoms with Crippen LogP contribution in [0, 0.1) is 5.92 Å². The van der Waals surface area contributed by atoms with Crippen molar-refractivity contribution in [2.45, 2.75) is 25.9 Å². The summed E-state index contributed by atoms with van der Waals surface area (Å²) in [5, 5.41) is 14.2. The molecule has 1 aliphatic heterocycles. The Kier molecular flexibility index (Phi) is 5.13. The van der Waals surface area contributed by atoms with Gasteiger partial charge in [0.15, 0.2) is 11.5 Å². The maximum absolute atomic E-state index is 10.1. The van der Waals surface area contributed by atoms with Crippen LogP contribution in [-0.4, -0.2) is 43.3 Å². The van der Waals surface area contributed by atoms with Gasteiger partial charge in [0, 0.05) is 35.8 Å². The third-order valence-corrected chi connectivity index (χ3v) is 4.22. The monoisotopic (exact) mass is 298 g/mol. The third kappa shape index (κ3) is 3.57. The first kappa shape index (κ1) is 15.4. The number of ether oxygens (including phenoxy) is 1. The van der Waals surface area contributed by atoms with E-state index in [9.17, 15) is 5.11 Å².